The Kier molecular flexibility index (Phi) is 5.84. The van der Waals surface area contributed by atoms with Crippen LogP contribution in [0, 0.1) is 5.92 Å². The quantitative estimate of drug-likeness (QED) is 0.593. The number of nitrogens with zero attached hydrogens (tertiary/aromatic N) is 4. The van der Waals surface area contributed by atoms with Crippen molar-refractivity contribution in [2.75, 3.05) is 13.6 Å². The molecule has 4 rings (SSSR count). The first-order chi connectivity index (χ1) is 14.0. The standard InChI is InChI=1S/C20H24ClN5O3/c1-25(11-18(22)27)12-19-23-20(24-29-19)16-8-13(9-17(21)28-16)10-26-7-6-14-4-2-3-5-15(14)26/h2-7,13,16-17H,8-12H2,1H3,(H2,22,27). The van der Waals surface area contributed by atoms with E-state index in [-0.39, 0.29) is 12.6 Å². The number of primary amides is 1. The first-order valence-electron chi connectivity index (χ1n) is 9.60. The van der Waals surface area contributed by atoms with Gasteiger partial charge >= 0.3 is 0 Å². The van der Waals surface area contributed by atoms with E-state index >= 15 is 0 Å². The highest BCUT2D eigenvalue weighted by Gasteiger charge is 2.32. The molecule has 8 nitrogen and oxygen atoms in total. The molecule has 0 bridgehead atoms. The number of rotatable bonds is 7. The van der Waals surface area contributed by atoms with Crippen molar-refractivity contribution in [3.63, 3.8) is 0 Å². The van der Waals surface area contributed by atoms with Crippen LogP contribution in [0.5, 0.6) is 0 Å². The molecule has 1 aromatic carbocycles. The van der Waals surface area contributed by atoms with Crippen molar-refractivity contribution >= 4 is 28.4 Å². The molecule has 29 heavy (non-hydrogen) atoms. The second-order valence-corrected chi connectivity index (χ2v) is 8.07. The zero-order chi connectivity index (χ0) is 20.4. The molecule has 154 valence electrons. The van der Waals surface area contributed by atoms with Crippen LogP contribution in [0.15, 0.2) is 41.1 Å². The van der Waals surface area contributed by atoms with Gasteiger partial charge in [-0.05, 0) is 43.3 Å². The van der Waals surface area contributed by atoms with Crippen molar-refractivity contribution < 1.29 is 14.1 Å². The third-order valence-corrected chi connectivity index (χ3v) is 5.40. The van der Waals surface area contributed by atoms with Gasteiger partial charge in [0.1, 0.15) is 11.7 Å². The van der Waals surface area contributed by atoms with E-state index in [1.165, 1.54) is 10.9 Å². The number of carbonyl (C=O) groups is 1. The first kappa shape index (κ1) is 19.9. The molecule has 0 saturated carbocycles. The second kappa shape index (κ2) is 8.52. The molecule has 3 heterocycles. The molecule has 1 saturated heterocycles. The van der Waals surface area contributed by atoms with Crippen LogP contribution in [0.4, 0.5) is 0 Å². The molecule has 0 radical (unpaired) electrons. The van der Waals surface area contributed by atoms with Gasteiger partial charge in [-0.2, -0.15) is 4.98 Å². The largest absolute Gasteiger partial charge is 0.369 e. The average molecular weight is 418 g/mol. The summed E-state index contributed by atoms with van der Waals surface area (Å²) in [6, 6.07) is 10.4. The molecule has 9 heteroatoms. The van der Waals surface area contributed by atoms with E-state index in [0.717, 1.165) is 19.4 Å². The molecule has 1 aliphatic rings. The van der Waals surface area contributed by atoms with Crippen molar-refractivity contribution in [1.29, 1.82) is 0 Å². The molecule has 3 aromatic rings. The van der Waals surface area contributed by atoms with Crippen molar-refractivity contribution in [3.05, 3.63) is 48.2 Å². The zero-order valence-electron chi connectivity index (χ0n) is 16.2. The fourth-order valence-corrected chi connectivity index (χ4v) is 4.24. The summed E-state index contributed by atoms with van der Waals surface area (Å²) in [6.45, 7) is 1.31. The van der Waals surface area contributed by atoms with Gasteiger partial charge in [-0.25, -0.2) is 0 Å². The lowest BCUT2D eigenvalue weighted by molar-refractivity contribution is -0.119. The van der Waals surface area contributed by atoms with Gasteiger partial charge in [-0.3, -0.25) is 9.69 Å². The number of nitrogens with two attached hydrogens (primary N) is 1. The summed E-state index contributed by atoms with van der Waals surface area (Å²) in [5, 5.41) is 5.29. The lowest BCUT2D eigenvalue weighted by Crippen LogP contribution is -2.30. The van der Waals surface area contributed by atoms with Crippen molar-refractivity contribution in [2.45, 2.75) is 37.6 Å². The molecule has 1 fully saturated rings. The summed E-state index contributed by atoms with van der Waals surface area (Å²) in [6.07, 6.45) is 3.30. The van der Waals surface area contributed by atoms with Crippen molar-refractivity contribution in [2.24, 2.45) is 11.7 Å². The number of halogens is 1. The lowest BCUT2D eigenvalue weighted by atomic mass is 9.95. The fourth-order valence-electron chi connectivity index (χ4n) is 3.86. The van der Waals surface area contributed by atoms with Crippen LogP contribution in [-0.4, -0.2) is 44.7 Å². The van der Waals surface area contributed by atoms with Gasteiger partial charge in [0.05, 0.1) is 13.1 Å². The Morgan fingerprint density at radius 3 is 3.00 bits per heavy atom. The van der Waals surface area contributed by atoms with Crippen molar-refractivity contribution in [3.8, 4) is 0 Å². The Hall–Kier alpha value is -2.42. The van der Waals surface area contributed by atoms with Crippen LogP contribution >= 0.6 is 11.6 Å². The Bertz CT molecular complexity index is 987. The minimum Gasteiger partial charge on any atom is -0.369 e. The Balaban J connectivity index is 1.43. The predicted molar refractivity (Wildman–Crippen MR) is 108 cm³/mol. The van der Waals surface area contributed by atoms with E-state index in [4.69, 9.17) is 26.6 Å². The van der Waals surface area contributed by atoms with Crippen LogP contribution in [0.25, 0.3) is 10.9 Å². The number of alkyl halides is 1. The lowest BCUT2D eigenvalue weighted by Gasteiger charge is -2.31. The molecular formula is C20H24ClN5O3. The molecular weight excluding hydrogens is 394 g/mol. The topological polar surface area (TPSA) is 99.4 Å². The normalized spacial score (nSPS) is 22.4. The van der Waals surface area contributed by atoms with Gasteiger partial charge in [0.2, 0.25) is 17.6 Å². The third kappa shape index (κ3) is 4.77. The molecule has 3 atom stereocenters. The maximum Gasteiger partial charge on any atom is 0.240 e. The number of para-hydroxylation sites is 1. The Labute approximate surface area is 173 Å². The Morgan fingerprint density at radius 2 is 2.17 bits per heavy atom. The number of ether oxygens (including phenoxy) is 1. The number of likely N-dealkylation sites (N-methyl/N-ethyl adjacent to an activating group) is 1. The second-order valence-electron chi connectivity index (χ2n) is 7.58. The van der Waals surface area contributed by atoms with E-state index < -0.39 is 11.5 Å². The summed E-state index contributed by atoms with van der Waals surface area (Å²) in [7, 11) is 1.76. The number of amides is 1. The fraction of sp³-hybridized carbons (Fsp3) is 0.450. The van der Waals surface area contributed by atoms with Gasteiger partial charge in [0.25, 0.3) is 0 Å². The average Bonchev–Trinajstić information content (AvgIpc) is 3.28. The van der Waals surface area contributed by atoms with Crippen molar-refractivity contribution in [1.82, 2.24) is 19.6 Å². The van der Waals surface area contributed by atoms with Crippen LogP contribution in [0.3, 0.4) is 0 Å². The maximum absolute atomic E-state index is 11.0. The third-order valence-electron chi connectivity index (χ3n) is 5.12. The molecule has 1 amide bonds. The van der Waals surface area contributed by atoms with E-state index in [0.29, 0.717) is 24.2 Å². The van der Waals surface area contributed by atoms with E-state index in [1.807, 2.05) is 12.1 Å². The SMILES string of the molecule is CN(CC(N)=O)Cc1nc(C2CC(Cn3ccc4ccccc43)CC(Cl)O2)no1. The summed E-state index contributed by atoms with van der Waals surface area (Å²) in [5.74, 6) is 0.817. The summed E-state index contributed by atoms with van der Waals surface area (Å²) in [5.41, 5.74) is 6.01. The highest BCUT2D eigenvalue weighted by atomic mass is 35.5. The molecule has 0 spiro atoms. The summed E-state index contributed by atoms with van der Waals surface area (Å²) >= 11 is 6.39. The Morgan fingerprint density at radius 1 is 1.34 bits per heavy atom. The summed E-state index contributed by atoms with van der Waals surface area (Å²) in [4.78, 5) is 17.2. The smallest absolute Gasteiger partial charge is 0.240 e. The van der Waals surface area contributed by atoms with Crippen LogP contribution in [0.1, 0.15) is 30.7 Å². The van der Waals surface area contributed by atoms with Gasteiger partial charge < -0.3 is 19.6 Å². The summed E-state index contributed by atoms with van der Waals surface area (Å²) < 4.78 is 13.5. The van der Waals surface area contributed by atoms with E-state index in [9.17, 15) is 4.79 Å². The van der Waals surface area contributed by atoms with Crippen LogP contribution < -0.4 is 5.73 Å². The van der Waals surface area contributed by atoms with E-state index in [1.54, 1.807) is 11.9 Å². The highest BCUT2D eigenvalue weighted by Crippen LogP contribution is 2.36. The number of benzene rings is 1. The molecule has 2 aromatic heterocycles. The van der Waals surface area contributed by atoms with Gasteiger partial charge in [-0.1, -0.05) is 35.0 Å². The van der Waals surface area contributed by atoms with E-state index in [2.05, 4.69) is 39.1 Å². The molecule has 3 unspecified atom stereocenters. The van der Waals surface area contributed by atoms with Crippen LogP contribution in [0.2, 0.25) is 0 Å². The monoisotopic (exact) mass is 417 g/mol. The molecule has 1 aliphatic heterocycles. The van der Waals surface area contributed by atoms with Crippen LogP contribution in [-0.2, 0) is 22.6 Å². The minimum absolute atomic E-state index is 0.119. The highest BCUT2D eigenvalue weighted by molar-refractivity contribution is 6.19. The number of carbonyl (C=O) groups excluding carboxylic acids is 1. The molecule has 2 N–H and O–H groups in total. The van der Waals surface area contributed by atoms with Gasteiger partial charge in [0, 0.05) is 18.3 Å². The van der Waals surface area contributed by atoms with Gasteiger partial charge in [-0.15, -0.1) is 0 Å². The number of aromatic nitrogens is 3. The first-order valence-corrected chi connectivity index (χ1v) is 10.0. The van der Waals surface area contributed by atoms with Gasteiger partial charge in [0.15, 0.2) is 0 Å². The predicted octanol–water partition coefficient (Wildman–Crippen LogP) is 2.67. The number of hydrogen-bond acceptors (Lipinski definition) is 6. The minimum atomic E-state index is -0.409. The number of hydrogen-bond donors (Lipinski definition) is 1. The number of fused-ring (bicyclic) bond motifs is 1. The maximum atomic E-state index is 11.0. The zero-order valence-corrected chi connectivity index (χ0v) is 17.0. The molecule has 0 aliphatic carbocycles.